The largest absolute Gasteiger partial charge is 0.488 e. The fourth-order valence-electron chi connectivity index (χ4n) is 4.29. The van der Waals surface area contributed by atoms with E-state index in [9.17, 15) is 0 Å². The maximum absolute atomic E-state index is 9.14. The lowest BCUT2D eigenvalue weighted by Gasteiger charge is -2.32. The van der Waals surface area contributed by atoms with Gasteiger partial charge in [-0.15, -0.1) is 0 Å². The third-order valence-corrected chi connectivity index (χ3v) is 5.54. The van der Waals surface area contributed by atoms with Gasteiger partial charge in [0.15, 0.2) is 0 Å². The van der Waals surface area contributed by atoms with Gasteiger partial charge in [0.1, 0.15) is 0 Å². The van der Waals surface area contributed by atoms with E-state index in [1.165, 1.54) is 56.9 Å². The molecular formula is C17H25BO2. The summed E-state index contributed by atoms with van der Waals surface area (Å²) < 4.78 is 0. The molecule has 3 rings (SSSR count). The molecular weight excluding hydrogens is 247 g/mol. The van der Waals surface area contributed by atoms with Crippen LogP contribution in [-0.2, 0) is 0 Å². The SMILES string of the molecule is OB(O)c1ccc(C2CCC(C3CCCC3)CC2)cc1. The van der Waals surface area contributed by atoms with Crippen molar-refractivity contribution in [3.05, 3.63) is 29.8 Å². The standard InChI is InChI=1S/C17H25BO2/c19-18(20)17-11-9-16(10-12-17)15-7-5-14(6-8-15)13-3-1-2-4-13/h9-15,19-20H,1-8H2. The van der Waals surface area contributed by atoms with E-state index in [4.69, 9.17) is 10.0 Å². The van der Waals surface area contributed by atoms with Crippen molar-refractivity contribution in [2.75, 3.05) is 0 Å². The van der Waals surface area contributed by atoms with Crippen molar-refractivity contribution in [1.29, 1.82) is 0 Å². The average molecular weight is 272 g/mol. The number of rotatable bonds is 3. The average Bonchev–Trinajstić information content (AvgIpc) is 3.02. The number of hydrogen-bond donors (Lipinski definition) is 2. The minimum atomic E-state index is -1.35. The van der Waals surface area contributed by atoms with E-state index < -0.39 is 7.12 Å². The molecule has 0 aliphatic heterocycles. The molecule has 0 amide bonds. The normalized spacial score (nSPS) is 27.7. The second kappa shape index (κ2) is 6.32. The molecule has 0 spiro atoms. The van der Waals surface area contributed by atoms with Crippen molar-refractivity contribution in [1.82, 2.24) is 0 Å². The summed E-state index contributed by atoms with van der Waals surface area (Å²) in [6.45, 7) is 0. The van der Waals surface area contributed by atoms with Crippen LogP contribution in [0.1, 0.15) is 62.8 Å². The Bertz CT molecular complexity index is 415. The van der Waals surface area contributed by atoms with E-state index >= 15 is 0 Å². The van der Waals surface area contributed by atoms with E-state index in [2.05, 4.69) is 12.1 Å². The van der Waals surface area contributed by atoms with Gasteiger partial charge in [0.05, 0.1) is 0 Å². The van der Waals surface area contributed by atoms with Crippen LogP contribution in [0.5, 0.6) is 0 Å². The molecule has 3 heteroatoms. The lowest BCUT2D eigenvalue weighted by Crippen LogP contribution is -2.29. The smallest absolute Gasteiger partial charge is 0.423 e. The van der Waals surface area contributed by atoms with Gasteiger partial charge >= 0.3 is 7.12 Å². The van der Waals surface area contributed by atoms with Gasteiger partial charge in [-0.2, -0.15) is 0 Å². The predicted molar refractivity (Wildman–Crippen MR) is 82.9 cm³/mol. The minimum absolute atomic E-state index is 0.591. The quantitative estimate of drug-likeness (QED) is 0.831. The number of hydrogen-bond acceptors (Lipinski definition) is 2. The van der Waals surface area contributed by atoms with Crippen LogP contribution in [0.15, 0.2) is 24.3 Å². The molecule has 0 aromatic heterocycles. The molecule has 0 atom stereocenters. The van der Waals surface area contributed by atoms with Gasteiger partial charge in [0.25, 0.3) is 0 Å². The molecule has 1 aromatic rings. The second-order valence-corrected chi connectivity index (χ2v) is 6.70. The van der Waals surface area contributed by atoms with Gasteiger partial charge in [-0.05, 0) is 54.5 Å². The van der Waals surface area contributed by atoms with Gasteiger partial charge in [-0.25, -0.2) is 0 Å². The fourth-order valence-corrected chi connectivity index (χ4v) is 4.29. The highest BCUT2D eigenvalue weighted by molar-refractivity contribution is 6.58. The third kappa shape index (κ3) is 3.10. The van der Waals surface area contributed by atoms with E-state index in [1.807, 2.05) is 12.1 Å². The Balaban J connectivity index is 1.57. The van der Waals surface area contributed by atoms with Gasteiger partial charge < -0.3 is 10.0 Å². The maximum atomic E-state index is 9.14. The molecule has 0 heterocycles. The zero-order valence-corrected chi connectivity index (χ0v) is 12.2. The molecule has 0 saturated heterocycles. The molecule has 0 unspecified atom stereocenters. The first-order valence-electron chi connectivity index (χ1n) is 8.20. The van der Waals surface area contributed by atoms with Crippen molar-refractivity contribution in [3.63, 3.8) is 0 Å². The van der Waals surface area contributed by atoms with Crippen molar-refractivity contribution in [2.24, 2.45) is 11.8 Å². The van der Waals surface area contributed by atoms with E-state index in [1.54, 1.807) is 0 Å². The zero-order valence-electron chi connectivity index (χ0n) is 12.2. The van der Waals surface area contributed by atoms with Gasteiger partial charge in [-0.1, -0.05) is 49.9 Å². The lowest BCUT2D eigenvalue weighted by atomic mass is 9.72. The summed E-state index contributed by atoms with van der Waals surface area (Å²) in [5.41, 5.74) is 1.97. The molecule has 108 valence electrons. The summed E-state index contributed by atoms with van der Waals surface area (Å²) in [4.78, 5) is 0. The Labute approximate surface area is 122 Å². The molecule has 20 heavy (non-hydrogen) atoms. The summed E-state index contributed by atoms with van der Waals surface area (Å²) in [6.07, 6.45) is 11.2. The molecule has 0 bridgehead atoms. The lowest BCUT2D eigenvalue weighted by molar-refractivity contribution is 0.235. The maximum Gasteiger partial charge on any atom is 0.488 e. The van der Waals surface area contributed by atoms with E-state index in [0.717, 1.165) is 11.8 Å². The van der Waals surface area contributed by atoms with Crippen LogP contribution in [0.25, 0.3) is 0 Å². The second-order valence-electron chi connectivity index (χ2n) is 6.70. The Morgan fingerprint density at radius 2 is 1.30 bits per heavy atom. The molecule has 2 aliphatic carbocycles. The molecule has 0 radical (unpaired) electrons. The van der Waals surface area contributed by atoms with Gasteiger partial charge in [-0.3, -0.25) is 0 Å². The third-order valence-electron chi connectivity index (χ3n) is 5.54. The summed E-state index contributed by atoms with van der Waals surface area (Å²) in [6, 6.07) is 7.86. The Hall–Kier alpha value is -0.795. The first-order chi connectivity index (χ1) is 9.74. The molecule has 1 aromatic carbocycles. The van der Waals surface area contributed by atoms with Crippen LogP contribution in [0.3, 0.4) is 0 Å². The van der Waals surface area contributed by atoms with Crippen molar-refractivity contribution < 1.29 is 10.0 Å². The summed E-state index contributed by atoms with van der Waals surface area (Å²) in [5.74, 6) is 2.67. The molecule has 2 fully saturated rings. The van der Waals surface area contributed by atoms with Gasteiger partial charge in [0.2, 0.25) is 0 Å². The Kier molecular flexibility index (Phi) is 4.47. The predicted octanol–water partition coefficient (Wildman–Crippen LogP) is 2.83. The summed E-state index contributed by atoms with van der Waals surface area (Å²) in [5, 5.41) is 18.3. The van der Waals surface area contributed by atoms with E-state index in [0.29, 0.717) is 11.4 Å². The summed E-state index contributed by atoms with van der Waals surface area (Å²) >= 11 is 0. The topological polar surface area (TPSA) is 40.5 Å². The van der Waals surface area contributed by atoms with Crippen LogP contribution in [0, 0.1) is 11.8 Å². The first kappa shape index (κ1) is 14.2. The summed E-state index contributed by atoms with van der Waals surface area (Å²) in [7, 11) is -1.35. The molecule has 2 aliphatic rings. The molecule has 2 N–H and O–H groups in total. The highest BCUT2D eigenvalue weighted by atomic mass is 16.4. The first-order valence-corrected chi connectivity index (χ1v) is 8.20. The van der Waals surface area contributed by atoms with Crippen LogP contribution < -0.4 is 5.46 Å². The number of benzene rings is 1. The highest BCUT2D eigenvalue weighted by Gasteiger charge is 2.29. The minimum Gasteiger partial charge on any atom is -0.423 e. The van der Waals surface area contributed by atoms with Gasteiger partial charge in [0, 0.05) is 0 Å². The van der Waals surface area contributed by atoms with Crippen LogP contribution in [0.2, 0.25) is 0 Å². The molecule has 2 nitrogen and oxygen atoms in total. The monoisotopic (exact) mass is 272 g/mol. The van der Waals surface area contributed by atoms with Crippen molar-refractivity contribution >= 4 is 12.6 Å². The van der Waals surface area contributed by atoms with Crippen molar-refractivity contribution in [2.45, 2.75) is 57.3 Å². The van der Waals surface area contributed by atoms with Crippen LogP contribution in [-0.4, -0.2) is 17.2 Å². The Morgan fingerprint density at radius 1 is 0.750 bits per heavy atom. The molecule has 2 saturated carbocycles. The zero-order chi connectivity index (χ0) is 13.9. The van der Waals surface area contributed by atoms with E-state index in [-0.39, 0.29) is 0 Å². The van der Waals surface area contributed by atoms with Crippen molar-refractivity contribution in [3.8, 4) is 0 Å². The Morgan fingerprint density at radius 3 is 1.85 bits per heavy atom. The van der Waals surface area contributed by atoms with Crippen LogP contribution >= 0.6 is 0 Å². The highest BCUT2D eigenvalue weighted by Crippen LogP contribution is 2.43. The fraction of sp³-hybridized carbons (Fsp3) is 0.647. The van der Waals surface area contributed by atoms with Crippen LogP contribution in [0.4, 0.5) is 0 Å².